The van der Waals surface area contributed by atoms with Crippen LogP contribution in [0, 0.1) is 11.6 Å². The Kier molecular flexibility index (Phi) is 4.49. The highest BCUT2D eigenvalue weighted by Gasteiger charge is 2.17. The second-order valence-corrected chi connectivity index (χ2v) is 6.80. The first kappa shape index (κ1) is 17.4. The van der Waals surface area contributed by atoms with E-state index in [-0.39, 0.29) is 5.56 Å². The summed E-state index contributed by atoms with van der Waals surface area (Å²) >= 11 is 1.26. The SMILES string of the molecule is C=CCn1c(=NC(=O)c2ccc(F)cc2F)sc2cc3c(cc21)OCCO3. The van der Waals surface area contributed by atoms with Crippen molar-refractivity contribution in [2.24, 2.45) is 4.99 Å². The zero-order chi connectivity index (χ0) is 19.0. The number of hydrogen-bond donors (Lipinski definition) is 0. The molecule has 27 heavy (non-hydrogen) atoms. The molecule has 0 unspecified atom stereocenters. The van der Waals surface area contributed by atoms with Gasteiger partial charge >= 0.3 is 0 Å². The fraction of sp³-hybridized carbons (Fsp3) is 0.158. The Morgan fingerprint density at radius 1 is 1.22 bits per heavy atom. The van der Waals surface area contributed by atoms with E-state index in [1.807, 2.05) is 12.1 Å². The first-order valence-corrected chi connectivity index (χ1v) is 8.96. The van der Waals surface area contributed by atoms with E-state index < -0.39 is 17.5 Å². The van der Waals surface area contributed by atoms with Crippen LogP contribution in [0.1, 0.15) is 10.4 Å². The Morgan fingerprint density at radius 3 is 2.67 bits per heavy atom. The number of halogens is 2. The fourth-order valence-electron chi connectivity index (χ4n) is 2.81. The van der Waals surface area contributed by atoms with Gasteiger partial charge in [-0.05, 0) is 12.1 Å². The fourth-order valence-corrected chi connectivity index (χ4v) is 3.86. The van der Waals surface area contributed by atoms with E-state index in [0.717, 1.165) is 22.3 Å². The Balaban J connectivity index is 1.86. The highest BCUT2D eigenvalue weighted by Crippen LogP contribution is 2.35. The van der Waals surface area contributed by atoms with Crippen molar-refractivity contribution in [1.29, 1.82) is 0 Å². The predicted octanol–water partition coefficient (Wildman–Crippen LogP) is 3.68. The summed E-state index contributed by atoms with van der Waals surface area (Å²) in [4.78, 5) is 16.9. The zero-order valence-corrected chi connectivity index (χ0v) is 14.9. The highest BCUT2D eigenvalue weighted by atomic mass is 32.1. The Morgan fingerprint density at radius 2 is 1.96 bits per heavy atom. The van der Waals surface area contributed by atoms with Crippen LogP contribution in [0.3, 0.4) is 0 Å². The van der Waals surface area contributed by atoms with Gasteiger partial charge in [-0.25, -0.2) is 8.78 Å². The molecule has 8 heteroatoms. The number of carbonyl (C=O) groups is 1. The number of carbonyl (C=O) groups excluding carboxylic acids is 1. The first-order valence-electron chi connectivity index (χ1n) is 8.15. The van der Waals surface area contributed by atoms with Crippen LogP contribution in [0.2, 0.25) is 0 Å². The Labute approximate surface area is 156 Å². The topological polar surface area (TPSA) is 52.8 Å². The number of allylic oxidation sites excluding steroid dienone is 1. The molecule has 0 N–H and O–H groups in total. The Bertz CT molecular complexity index is 1130. The van der Waals surface area contributed by atoms with Crippen LogP contribution in [0.5, 0.6) is 11.5 Å². The van der Waals surface area contributed by atoms with Crippen LogP contribution in [0.25, 0.3) is 10.2 Å². The maximum atomic E-state index is 13.9. The lowest BCUT2D eigenvalue weighted by Crippen LogP contribution is -2.17. The second-order valence-electron chi connectivity index (χ2n) is 5.79. The lowest BCUT2D eigenvalue weighted by Gasteiger charge is -2.18. The number of amides is 1. The van der Waals surface area contributed by atoms with Crippen LogP contribution in [-0.2, 0) is 6.54 Å². The number of ether oxygens (including phenoxy) is 2. The molecule has 5 nitrogen and oxygen atoms in total. The summed E-state index contributed by atoms with van der Waals surface area (Å²) in [6, 6.07) is 6.43. The van der Waals surface area contributed by atoms with Crippen molar-refractivity contribution in [2.45, 2.75) is 6.54 Å². The summed E-state index contributed by atoms with van der Waals surface area (Å²) in [5, 5.41) is 0. The van der Waals surface area contributed by atoms with Crippen molar-refractivity contribution >= 4 is 27.5 Å². The maximum absolute atomic E-state index is 13.9. The number of hydrogen-bond acceptors (Lipinski definition) is 4. The first-order chi connectivity index (χ1) is 13.1. The van der Waals surface area contributed by atoms with Crippen LogP contribution in [-0.4, -0.2) is 23.7 Å². The van der Waals surface area contributed by atoms with E-state index in [1.165, 1.54) is 11.3 Å². The quantitative estimate of drug-likeness (QED) is 0.643. The largest absolute Gasteiger partial charge is 0.486 e. The molecule has 3 aromatic rings. The van der Waals surface area contributed by atoms with Gasteiger partial charge in [0.1, 0.15) is 24.8 Å². The molecule has 1 aliphatic heterocycles. The number of aromatic nitrogens is 1. The van der Waals surface area contributed by atoms with Gasteiger partial charge in [0, 0.05) is 24.7 Å². The van der Waals surface area contributed by atoms with Gasteiger partial charge in [0.15, 0.2) is 16.3 Å². The monoisotopic (exact) mass is 388 g/mol. The molecule has 0 saturated heterocycles. The average Bonchev–Trinajstić information content (AvgIpc) is 2.96. The summed E-state index contributed by atoms with van der Waals surface area (Å²) in [6.45, 7) is 5.06. The molecule has 4 rings (SSSR count). The summed E-state index contributed by atoms with van der Waals surface area (Å²) in [5.74, 6) is -1.24. The van der Waals surface area contributed by atoms with Gasteiger partial charge in [0.25, 0.3) is 5.91 Å². The minimum absolute atomic E-state index is 0.287. The molecule has 0 radical (unpaired) electrons. The minimum Gasteiger partial charge on any atom is -0.486 e. The van der Waals surface area contributed by atoms with Gasteiger partial charge in [-0.2, -0.15) is 4.99 Å². The second kappa shape index (κ2) is 6.96. The molecule has 0 bridgehead atoms. The molecule has 138 valence electrons. The van der Waals surface area contributed by atoms with Gasteiger partial charge in [0.2, 0.25) is 0 Å². The Hall–Kier alpha value is -3.00. The predicted molar refractivity (Wildman–Crippen MR) is 97.3 cm³/mol. The van der Waals surface area contributed by atoms with Crippen LogP contribution >= 0.6 is 11.3 Å². The molecule has 0 atom stereocenters. The van der Waals surface area contributed by atoms with Crippen molar-refractivity contribution in [1.82, 2.24) is 4.57 Å². The lowest BCUT2D eigenvalue weighted by atomic mass is 10.2. The van der Waals surface area contributed by atoms with Gasteiger partial charge in [-0.1, -0.05) is 17.4 Å². The third kappa shape index (κ3) is 3.23. The van der Waals surface area contributed by atoms with E-state index in [1.54, 1.807) is 10.6 Å². The summed E-state index contributed by atoms with van der Waals surface area (Å²) in [5.41, 5.74) is 0.514. The standard InChI is InChI=1S/C19H14F2N2O3S/c1-2-5-23-14-9-15-16(26-7-6-25-15)10-17(14)27-19(23)22-18(24)12-4-3-11(20)8-13(12)21/h2-4,8-10H,1,5-7H2. The van der Waals surface area contributed by atoms with Crippen molar-refractivity contribution in [3.8, 4) is 11.5 Å². The molecular formula is C19H14F2N2O3S. The maximum Gasteiger partial charge on any atom is 0.282 e. The number of rotatable bonds is 3. The molecule has 0 spiro atoms. The van der Waals surface area contributed by atoms with E-state index >= 15 is 0 Å². The van der Waals surface area contributed by atoms with Gasteiger partial charge in [-0.15, -0.1) is 6.58 Å². The van der Waals surface area contributed by atoms with Crippen molar-refractivity contribution in [2.75, 3.05) is 13.2 Å². The molecule has 2 aromatic carbocycles. The minimum atomic E-state index is -0.947. The summed E-state index contributed by atoms with van der Waals surface area (Å²) in [7, 11) is 0. The highest BCUT2D eigenvalue weighted by molar-refractivity contribution is 7.16. The molecule has 0 saturated carbocycles. The third-order valence-electron chi connectivity index (χ3n) is 4.02. The van der Waals surface area contributed by atoms with Gasteiger partial charge in [0.05, 0.1) is 15.8 Å². The van der Waals surface area contributed by atoms with Crippen molar-refractivity contribution in [3.05, 3.63) is 65.0 Å². The van der Waals surface area contributed by atoms with Gasteiger partial charge < -0.3 is 14.0 Å². The van der Waals surface area contributed by atoms with Crippen LogP contribution in [0.15, 0.2) is 48.0 Å². The van der Waals surface area contributed by atoms with E-state index in [0.29, 0.717) is 42.1 Å². The molecule has 0 fully saturated rings. The van der Waals surface area contributed by atoms with E-state index in [4.69, 9.17) is 9.47 Å². The van der Waals surface area contributed by atoms with Crippen LogP contribution < -0.4 is 14.3 Å². The molecule has 2 heterocycles. The van der Waals surface area contributed by atoms with Crippen molar-refractivity contribution in [3.63, 3.8) is 0 Å². The van der Waals surface area contributed by atoms with Gasteiger partial charge in [-0.3, -0.25) is 4.79 Å². The van der Waals surface area contributed by atoms with E-state index in [9.17, 15) is 13.6 Å². The molecule has 1 aliphatic rings. The van der Waals surface area contributed by atoms with E-state index in [2.05, 4.69) is 11.6 Å². The number of nitrogens with zero attached hydrogens (tertiary/aromatic N) is 2. The smallest absolute Gasteiger partial charge is 0.282 e. The molecule has 1 amide bonds. The zero-order valence-electron chi connectivity index (χ0n) is 14.1. The molecule has 1 aromatic heterocycles. The molecule has 0 aliphatic carbocycles. The van der Waals surface area contributed by atoms with Crippen molar-refractivity contribution < 1.29 is 23.0 Å². The number of benzene rings is 2. The lowest BCUT2D eigenvalue weighted by molar-refractivity contribution is 0.0994. The average molecular weight is 388 g/mol. The summed E-state index contributed by atoms with van der Waals surface area (Å²) < 4.78 is 40.8. The normalized spacial score (nSPS) is 13.8. The number of fused-ring (bicyclic) bond motifs is 2. The third-order valence-corrected chi connectivity index (χ3v) is 5.06. The molecular weight excluding hydrogens is 374 g/mol. The number of thiazole rings is 1. The van der Waals surface area contributed by atoms with Crippen LogP contribution in [0.4, 0.5) is 8.78 Å². The summed E-state index contributed by atoms with van der Waals surface area (Å²) in [6.07, 6.45) is 1.67.